The molecule has 2 heterocycles. The summed E-state index contributed by atoms with van der Waals surface area (Å²) < 4.78 is 16.0. The fourth-order valence-corrected chi connectivity index (χ4v) is 3.36. The molecular formula is C19H26N2O4. The summed E-state index contributed by atoms with van der Waals surface area (Å²) >= 11 is 0. The number of benzene rings is 1. The summed E-state index contributed by atoms with van der Waals surface area (Å²) in [7, 11) is 3.08. The molecule has 25 heavy (non-hydrogen) atoms. The largest absolute Gasteiger partial charge is 0.502 e. The van der Waals surface area contributed by atoms with Crippen LogP contribution in [0.4, 0.5) is 0 Å². The number of aromatic nitrogens is 1. The third-order valence-corrected chi connectivity index (χ3v) is 4.75. The van der Waals surface area contributed by atoms with Crippen LogP contribution in [0.5, 0.6) is 17.2 Å². The van der Waals surface area contributed by atoms with Crippen molar-refractivity contribution in [3.8, 4) is 17.2 Å². The van der Waals surface area contributed by atoms with E-state index in [1.807, 2.05) is 12.1 Å². The van der Waals surface area contributed by atoms with E-state index in [1.54, 1.807) is 14.2 Å². The lowest BCUT2D eigenvalue weighted by atomic mass is 10.1. The number of hydrogen-bond donors (Lipinski definition) is 1. The molecule has 0 aliphatic carbocycles. The van der Waals surface area contributed by atoms with Crippen LogP contribution in [0.1, 0.15) is 55.7 Å². The van der Waals surface area contributed by atoms with E-state index in [2.05, 4.69) is 30.0 Å². The molecule has 6 nitrogen and oxygen atoms in total. The van der Waals surface area contributed by atoms with Gasteiger partial charge in [0.15, 0.2) is 11.5 Å². The van der Waals surface area contributed by atoms with E-state index < -0.39 is 0 Å². The minimum atomic E-state index is 0.0322. The maximum absolute atomic E-state index is 10.1. The van der Waals surface area contributed by atoms with Crippen molar-refractivity contribution in [3.05, 3.63) is 35.2 Å². The third-order valence-electron chi connectivity index (χ3n) is 4.75. The number of hydrogen-bond acceptors (Lipinski definition) is 6. The topological polar surface area (TPSA) is 68.0 Å². The average molecular weight is 346 g/mol. The van der Waals surface area contributed by atoms with Crippen molar-refractivity contribution < 1.29 is 19.1 Å². The third kappa shape index (κ3) is 3.58. The Morgan fingerprint density at radius 2 is 1.92 bits per heavy atom. The van der Waals surface area contributed by atoms with E-state index in [4.69, 9.17) is 14.0 Å². The van der Waals surface area contributed by atoms with E-state index >= 15 is 0 Å². The van der Waals surface area contributed by atoms with Gasteiger partial charge in [0.2, 0.25) is 5.75 Å². The van der Waals surface area contributed by atoms with Crippen LogP contribution in [-0.4, -0.2) is 35.9 Å². The van der Waals surface area contributed by atoms with Crippen molar-refractivity contribution in [3.63, 3.8) is 0 Å². The summed E-state index contributed by atoms with van der Waals surface area (Å²) in [6.07, 6.45) is 2.19. The summed E-state index contributed by atoms with van der Waals surface area (Å²) in [5.41, 5.74) is 2.03. The zero-order valence-corrected chi connectivity index (χ0v) is 15.3. The smallest absolute Gasteiger partial charge is 0.200 e. The number of phenolic OH excluding ortho intramolecular Hbond substituents is 1. The Kier molecular flexibility index (Phi) is 5.18. The molecular weight excluding hydrogens is 320 g/mol. The lowest BCUT2D eigenvalue weighted by molar-refractivity contribution is 0.235. The fourth-order valence-electron chi connectivity index (χ4n) is 3.36. The molecule has 1 atom stereocenters. The standard InChI is InChI=1S/C19H26N2O4/c1-12(2)16-10-14(20-25-16)15-6-5-7-21(15)11-13-8-17(23-3)19(22)18(9-13)24-4/h8-10,12,15,22H,5-7,11H2,1-4H3. The Hall–Kier alpha value is -2.21. The van der Waals surface area contributed by atoms with Gasteiger partial charge in [-0.05, 0) is 37.1 Å². The first kappa shape index (κ1) is 17.6. The fraction of sp³-hybridized carbons (Fsp3) is 0.526. The first-order valence-electron chi connectivity index (χ1n) is 8.68. The zero-order valence-electron chi connectivity index (χ0n) is 15.3. The van der Waals surface area contributed by atoms with Gasteiger partial charge < -0.3 is 19.1 Å². The van der Waals surface area contributed by atoms with Gasteiger partial charge in [-0.25, -0.2) is 0 Å². The van der Waals surface area contributed by atoms with Gasteiger partial charge in [-0.2, -0.15) is 0 Å². The quantitative estimate of drug-likeness (QED) is 0.857. The molecule has 1 aliphatic rings. The molecule has 136 valence electrons. The van der Waals surface area contributed by atoms with E-state index in [1.165, 1.54) is 0 Å². The molecule has 1 fully saturated rings. The van der Waals surface area contributed by atoms with Crippen molar-refractivity contribution in [1.82, 2.24) is 10.1 Å². The number of ether oxygens (including phenoxy) is 2. The van der Waals surface area contributed by atoms with Crippen molar-refractivity contribution >= 4 is 0 Å². The van der Waals surface area contributed by atoms with Crippen LogP contribution in [0.15, 0.2) is 22.7 Å². The van der Waals surface area contributed by atoms with Crippen LogP contribution in [0.2, 0.25) is 0 Å². The van der Waals surface area contributed by atoms with Gasteiger partial charge in [-0.1, -0.05) is 19.0 Å². The molecule has 0 bridgehead atoms. The second kappa shape index (κ2) is 7.35. The molecule has 1 unspecified atom stereocenters. The number of likely N-dealkylation sites (tertiary alicyclic amines) is 1. The first-order chi connectivity index (χ1) is 12.0. The highest BCUT2D eigenvalue weighted by Gasteiger charge is 2.29. The first-order valence-corrected chi connectivity index (χ1v) is 8.68. The lowest BCUT2D eigenvalue weighted by Crippen LogP contribution is -2.23. The Labute approximate surface area is 148 Å². The Morgan fingerprint density at radius 3 is 2.48 bits per heavy atom. The molecule has 1 aromatic carbocycles. The maximum atomic E-state index is 10.1. The number of rotatable bonds is 6. The molecule has 1 aromatic heterocycles. The monoisotopic (exact) mass is 346 g/mol. The van der Waals surface area contributed by atoms with Crippen LogP contribution in [0, 0.1) is 0 Å². The minimum Gasteiger partial charge on any atom is -0.502 e. The predicted molar refractivity (Wildman–Crippen MR) is 94.2 cm³/mol. The second-order valence-electron chi connectivity index (χ2n) is 6.79. The van der Waals surface area contributed by atoms with Crippen LogP contribution in [-0.2, 0) is 6.54 Å². The highest BCUT2D eigenvalue weighted by molar-refractivity contribution is 5.52. The van der Waals surface area contributed by atoms with Crippen molar-refractivity contribution in [2.75, 3.05) is 20.8 Å². The average Bonchev–Trinajstić information content (AvgIpc) is 3.25. The van der Waals surface area contributed by atoms with Gasteiger partial charge >= 0.3 is 0 Å². The molecule has 1 aliphatic heterocycles. The van der Waals surface area contributed by atoms with Crippen LogP contribution in [0.25, 0.3) is 0 Å². The van der Waals surface area contributed by atoms with Gasteiger partial charge in [0, 0.05) is 18.5 Å². The van der Waals surface area contributed by atoms with Gasteiger partial charge in [0.05, 0.1) is 20.3 Å². The molecule has 0 radical (unpaired) electrons. The van der Waals surface area contributed by atoms with E-state index in [-0.39, 0.29) is 11.8 Å². The van der Waals surface area contributed by atoms with Gasteiger partial charge in [0.25, 0.3) is 0 Å². The Balaban J connectivity index is 1.81. The molecule has 1 saturated heterocycles. The highest BCUT2D eigenvalue weighted by atomic mass is 16.5. The summed E-state index contributed by atoms with van der Waals surface area (Å²) in [4.78, 5) is 2.38. The molecule has 2 aromatic rings. The van der Waals surface area contributed by atoms with Crippen molar-refractivity contribution in [2.24, 2.45) is 0 Å². The van der Waals surface area contributed by atoms with Crippen LogP contribution < -0.4 is 9.47 Å². The lowest BCUT2D eigenvalue weighted by Gasteiger charge is -2.23. The molecule has 6 heteroatoms. The van der Waals surface area contributed by atoms with Gasteiger partial charge in [-0.15, -0.1) is 0 Å². The number of methoxy groups -OCH3 is 2. The molecule has 3 rings (SSSR count). The van der Waals surface area contributed by atoms with Crippen molar-refractivity contribution in [1.29, 1.82) is 0 Å². The predicted octanol–water partition coefficient (Wildman–Crippen LogP) is 3.86. The Morgan fingerprint density at radius 1 is 1.24 bits per heavy atom. The SMILES string of the molecule is COc1cc(CN2CCCC2c2cc(C(C)C)on2)cc(OC)c1O. The minimum absolute atomic E-state index is 0.0322. The summed E-state index contributed by atoms with van der Waals surface area (Å²) in [6, 6.07) is 6.04. The molecule has 0 spiro atoms. The summed E-state index contributed by atoms with van der Waals surface area (Å²) in [5, 5.41) is 14.4. The van der Waals surface area contributed by atoms with E-state index in [0.717, 1.165) is 42.9 Å². The summed E-state index contributed by atoms with van der Waals surface area (Å²) in [6.45, 7) is 5.94. The van der Waals surface area contributed by atoms with E-state index in [9.17, 15) is 5.11 Å². The van der Waals surface area contributed by atoms with Crippen LogP contribution >= 0.6 is 0 Å². The molecule has 1 N–H and O–H groups in total. The summed E-state index contributed by atoms with van der Waals surface area (Å²) in [5.74, 6) is 2.14. The normalized spacial score (nSPS) is 18.0. The highest BCUT2D eigenvalue weighted by Crippen LogP contribution is 2.39. The maximum Gasteiger partial charge on any atom is 0.200 e. The molecule has 0 amide bonds. The van der Waals surface area contributed by atoms with Crippen LogP contribution in [0.3, 0.4) is 0 Å². The van der Waals surface area contributed by atoms with Gasteiger partial charge in [-0.3, -0.25) is 4.90 Å². The van der Waals surface area contributed by atoms with Crippen molar-refractivity contribution in [2.45, 2.75) is 45.2 Å². The molecule has 0 saturated carbocycles. The number of aromatic hydroxyl groups is 1. The number of phenols is 1. The second-order valence-corrected chi connectivity index (χ2v) is 6.79. The van der Waals surface area contributed by atoms with E-state index in [0.29, 0.717) is 17.4 Å². The van der Waals surface area contributed by atoms with Gasteiger partial charge in [0.1, 0.15) is 11.5 Å². The Bertz CT molecular complexity index is 701. The number of nitrogens with zero attached hydrogens (tertiary/aromatic N) is 2. The zero-order chi connectivity index (χ0) is 18.0.